The van der Waals surface area contributed by atoms with Gasteiger partial charge in [0.15, 0.2) is 11.6 Å². The van der Waals surface area contributed by atoms with E-state index in [4.69, 9.17) is 5.73 Å². The summed E-state index contributed by atoms with van der Waals surface area (Å²) < 4.78 is 0. The molecular formula is C14H27N5. The van der Waals surface area contributed by atoms with Crippen molar-refractivity contribution in [2.24, 2.45) is 11.8 Å². The zero-order chi connectivity index (χ0) is 14.6. The molecule has 108 valence electrons. The van der Waals surface area contributed by atoms with E-state index in [-0.39, 0.29) is 0 Å². The van der Waals surface area contributed by atoms with Gasteiger partial charge >= 0.3 is 0 Å². The van der Waals surface area contributed by atoms with E-state index >= 15 is 0 Å². The van der Waals surface area contributed by atoms with E-state index in [0.717, 1.165) is 24.7 Å². The standard InChI is InChI=1S/C14H27N5/c1-10(2)7-19(8-11(3)4)14-12(15)13(18(5)6)16-9-17-14/h9-11H,7-8,15H2,1-6H3. The van der Waals surface area contributed by atoms with Crippen molar-refractivity contribution in [3.63, 3.8) is 0 Å². The molecule has 0 atom stereocenters. The molecule has 0 radical (unpaired) electrons. The number of nitrogens with zero attached hydrogens (tertiary/aromatic N) is 4. The van der Waals surface area contributed by atoms with Crippen LogP contribution in [0.2, 0.25) is 0 Å². The summed E-state index contributed by atoms with van der Waals surface area (Å²) in [6.07, 6.45) is 1.59. The van der Waals surface area contributed by atoms with Crippen LogP contribution in [-0.4, -0.2) is 37.2 Å². The molecule has 0 aromatic carbocycles. The van der Waals surface area contributed by atoms with Crippen molar-refractivity contribution in [1.82, 2.24) is 9.97 Å². The Morgan fingerprint density at radius 1 is 1.00 bits per heavy atom. The van der Waals surface area contributed by atoms with Gasteiger partial charge in [-0.2, -0.15) is 0 Å². The largest absolute Gasteiger partial charge is 0.393 e. The summed E-state index contributed by atoms with van der Waals surface area (Å²) >= 11 is 0. The number of hydrogen-bond donors (Lipinski definition) is 1. The molecule has 0 unspecified atom stereocenters. The molecule has 0 amide bonds. The Kier molecular flexibility index (Phi) is 5.39. The summed E-state index contributed by atoms with van der Waals surface area (Å²) in [7, 11) is 3.88. The van der Waals surface area contributed by atoms with Crippen LogP contribution in [0.5, 0.6) is 0 Å². The summed E-state index contributed by atoms with van der Waals surface area (Å²) in [6, 6.07) is 0. The number of aromatic nitrogens is 2. The van der Waals surface area contributed by atoms with Gasteiger partial charge in [0.2, 0.25) is 0 Å². The molecule has 5 heteroatoms. The Morgan fingerprint density at radius 2 is 1.47 bits per heavy atom. The quantitative estimate of drug-likeness (QED) is 0.855. The van der Waals surface area contributed by atoms with Gasteiger partial charge in [0, 0.05) is 27.2 Å². The van der Waals surface area contributed by atoms with Gasteiger partial charge in [0.25, 0.3) is 0 Å². The third kappa shape index (κ3) is 4.26. The fraction of sp³-hybridized carbons (Fsp3) is 0.714. The van der Waals surface area contributed by atoms with Gasteiger partial charge < -0.3 is 15.5 Å². The zero-order valence-corrected chi connectivity index (χ0v) is 13.0. The molecular weight excluding hydrogens is 238 g/mol. The first-order valence-corrected chi connectivity index (χ1v) is 6.85. The Hall–Kier alpha value is -1.52. The molecule has 0 fully saturated rings. The highest BCUT2D eigenvalue weighted by atomic mass is 15.2. The van der Waals surface area contributed by atoms with Crippen LogP contribution in [0.25, 0.3) is 0 Å². The summed E-state index contributed by atoms with van der Waals surface area (Å²) in [5.74, 6) is 2.76. The molecule has 19 heavy (non-hydrogen) atoms. The summed E-state index contributed by atoms with van der Waals surface area (Å²) in [5, 5.41) is 0. The Bertz CT molecular complexity index is 391. The maximum atomic E-state index is 6.23. The van der Waals surface area contributed by atoms with Gasteiger partial charge in [0.05, 0.1) is 0 Å². The summed E-state index contributed by atoms with van der Waals surface area (Å²) in [6.45, 7) is 10.7. The molecule has 0 saturated heterocycles. The second-order valence-corrected chi connectivity index (χ2v) is 6.02. The van der Waals surface area contributed by atoms with Gasteiger partial charge in [-0.15, -0.1) is 0 Å². The van der Waals surface area contributed by atoms with Crippen molar-refractivity contribution in [3.05, 3.63) is 6.33 Å². The first kappa shape index (κ1) is 15.5. The van der Waals surface area contributed by atoms with E-state index in [1.165, 1.54) is 0 Å². The second kappa shape index (κ2) is 6.59. The molecule has 0 aliphatic carbocycles. The molecule has 2 N–H and O–H groups in total. The average Bonchev–Trinajstić information content (AvgIpc) is 2.26. The Balaban J connectivity index is 3.11. The number of rotatable bonds is 6. The van der Waals surface area contributed by atoms with Crippen LogP contribution in [-0.2, 0) is 0 Å². The highest BCUT2D eigenvalue weighted by Crippen LogP contribution is 2.28. The van der Waals surface area contributed by atoms with Crippen molar-refractivity contribution in [2.45, 2.75) is 27.7 Å². The predicted molar refractivity (Wildman–Crippen MR) is 82.7 cm³/mol. The second-order valence-electron chi connectivity index (χ2n) is 6.02. The first-order valence-electron chi connectivity index (χ1n) is 6.85. The van der Waals surface area contributed by atoms with E-state index in [2.05, 4.69) is 42.6 Å². The van der Waals surface area contributed by atoms with Crippen LogP contribution < -0.4 is 15.5 Å². The van der Waals surface area contributed by atoms with Crippen LogP contribution >= 0.6 is 0 Å². The zero-order valence-electron chi connectivity index (χ0n) is 13.0. The SMILES string of the molecule is CC(C)CN(CC(C)C)c1ncnc(N(C)C)c1N. The van der Waals surface area contributed by atoms with Crippen LogP contribution in [0.1, 0.15) is 27.7 Å². The van der Waals surface area contributed by atoms with Gasteiger partial charge in [-0.05, 0) is 11.8 Å². The third-order valence-electron chi connectivity index (χ3n) is 2.74. The summed E-state index contributed by atoms with van der Waals surface area (Å²) in [4.78, 5) is 12.8. The number of anilines is 3. The fourth-order valence-electron chi connectivity index (χ4n) is 2.11. The Labute approximate surface area is 116 Å². The molecule has 5 nitrogen and oxygen atoms in total. The van der Waals surface area contributed by atoms with E-state index in [9.17, 15) is 0 Å². The molecule has 1 rings (SSSR count). The van der Waals surface area contributed by atoms with Crippen LogP contribution in [0, 0.1) is 11.8 Å². The van der Waals surface area contributed by atoms with Crippen LogP contribution in [0.3, 0.4) is 0 Å². The van der Waals surface area contributed by atoms with Crippen LogP contribution in [0.4, 0.5) is 17.3 Å². The molecule has 1 aromatic heterocycles. The Morgan fingerprint density at radius 3 is 1.89 bits per heavy atom. The topological polar surface area (TPSA) is 58.3 Å². The minimum atomic E-state index is 0.566. The van der Waals surface area contributed by atoms with Crippen molar-refractivity contribution in [1.29, 1.82) is 0 Å². The highest BCUT2D eigenvalue weighted by molar-refractivity contribution is 5.75. The predicted octanol–water partition coefficient (Wildman–Crippen LogP) is 2.24. The van der Waals surface area contributed by atoms with Crippen molar-refractivity contribution < 1.29 is 0 Å². The van der Waals surface area contributed by atoms with Crippen LogP contribution in [0.15, 0.2) is 6.33 Å². The van der Waals surface area contributed by atoms with Crippen molar-refractivity contribution >= 4 is 17.3 Å². The van der Waals surface area contributed by atoms with E-state index in [0.29, 0.717) is 17.5 Å². The number of nitrogen functional groups attached to an aromatic ring is 1. The minimum absolute atomic E-state index is 0.566. The van der Waals surface area contributed by atoms with Crippen molar-refractivity contribution in [2.75, 3.05) is 42.7 Å². The molecule has 0 saturated carbocycles. The number of hydrogen-bond acceptors (Lipinski definition) is 5. The lowest BCUT2D eigenvalue weighted by molar-refractivity contribution is 0.549. The van der Waals surface area contributed by atoms with Gasteiger partial charge in [-0.1, -0.05) is 27.7 Å². The molecule has 0 aliphatic rings. The minimum Gasteiger partial charge on any atom is -0.393 e. The lowest BCUT2D eigenvalue weighted by Crippen LogP contribution is -2.33. The molecule has 0 spiro atoms. The average molecular weight is 265 g/mol. The summed E-state index contributed by atoms with van der Waals surface area (Å²) in [5.41, 5.74) is 6.89. The van der Waals surface area contributed by atoms with Gasteiger partial charge in [-0.3, -0.25) is 0 Å². The fourth-order valence-corrected chi connectivity index (χ4v) is 2.11. The van der Waals surface area contributed by atoms with Gasteiger partial charge in [-0.25, -0.2) is 9.97 Å². The maximum absolute atomic E-state index is 6.23. The van der Waals surface area contributed by atoms with Crippen molar-refractivity contribution in [3.8, 4) is 0 Å². The molecule has 0 aliphatic heterocycles. The molecule has 0 bridgehead atoms. The molecule has 1 aromatic rings. The monoisotopic (exact) mass is 265 g/mol. The maximum Gasteiger partial charge on any atom is 0.157 e. The lowest BCUT2D eigenvalue weighted by Gasteiger charge is -2.29. The first-order chi connectivity index (χ1) is 8.82. The highest BCUT2D eigenvalue weighted by Gasteiger charge is 2.17. The van der Waals surface area contributed by atoms with Gasteiger partial charge in [0.1, 0.15) is 12.0 Å². The molecule has 1 heterocycles. The van der Waals surface area contributed by atoms with E-state index in [1.54, 1.807) is 6.33 Å². The lowest BCUT2D eigenvalue weighted by atomic mass is 10.1. The normalized spacial score (nSPS) is 11.2. The van der Waals surface area contributed by atoms with E-state index in [1.807, 2.05) is 19.0 Å². The third-order valence-corrected chi connectivity index (χ3v) is 2.74. The smallest absolute Gasteiger partial charge is 0.157 e. The number of nitrogens with two attached hydrogens (primary N) is 1. The van der Waals surface area contributed by atoms with E-state index < -0.39 is 0 Å².